The van der Waals surface area contributed by atoms with Gasteiger partial charge in [-0.05, 0) is 30.3 Å². The summed E-state index contributed by atoms with van der Waals surface area (Å²) in [5, 5.41) is 4.37. The average molecular weight is 362 g/mol. The fraction of sp³-hybridized carbons (Fsp3) is 0.0952. The molecule has 0 amide bonds. The Hall–Kier alpha value is -3.67. The van der Waals surface area contributed by atoms with Gasteiger partial charge in [0.25, 0.3) is 5.56 Å². The van der Waals surface area contributed by atoms with E-state index in [0.29, 0.717) is 28.3 Å². The first kappa shape index (κ1) is 18.1. The lowest BCUT2D eigenvalue weighted by molar-refractivity contribution is -0.134. The Labute approximate surface area is 156 Å². The number of rotatable bonds is 5. The first-order chi connectivity index (χ1) is 13.1. The number of aryl methyl sites for hydroxylation is 1. The van der Waals surface area contributed by atoms with E-state index >= 15 is 0 Å². The van der Waals surface area contributed by atoms with Crippen LogP contribution in [-0.2, 0) is 16.6 Å². The van der Waals surface area contributed by atoms with E-state index in [1.54, 1.807) is 7.05 Å². The maximum Gasteiger partial charge on any atom is 0.330 e. The second-order valence-electron chi connectivity index (χ2n) is 5.68. The zero-order chi connectivity index (χ0) is 19.2. The molecule has 0 bridgehead atoms. The van der Waals surface area contributed by atoms with Crippen LogP contribution in [0.25, 0.3) is 17.3 Å². The van der Waals surface area contributed by atoms with Gasteiger partial charge in [0.2, 0.25) is 0 Å². The predicted molar refractivity (Wildman–Crippen MR) is 102 cm³/mol. The van der Waals surface area contributed by atoms with E-state index < -0.39 is 5.97 Å². The second kappa shape index (κ2) is 8.14. The van der Waals surface area contributed by atoms with Gasteiger partial charge in [-0.3, -0.25) is 4.79 Å². The molecule has 1 aromatic heterocycles. The summed E-state index contributed by atoms with van der Waals surface area (Å²) in [6, 6.07) is 18.2. The number of hydrogen-bond acceptors (Lipinski definition) is 5. The van der Waals surface area contributed by atoms with E-state index in [1.807, 2.05) is 54.6 Å². The van der Waals surface area contributed by atoms with Crippen molar-refractivity contribution < 1.29 is 14.3 Å². The third-order valence-corrected chi connectivity index (χ3v) is 3.83. The topological polar surface area (TPSA) is 70.4 Å². The summed E-state index contributed by atoms with van der Waals surface area (Å²) in [5.41, 5.74) is 1.42. The van der Waals surface area contributed by atoms with Gasteiger partial charge in [-0.1, -0.05) is 30.3 Å². The molecule has 1 heterocycles. The largest absolute Gasteiger partial charge is 0.466 e. The minimum absolute atomic E-state index is 0.287. The van der Waals surface area contributed by atoms with Crippen LogP contribution in [-0.4, -0.2) is 22.9 Å². The van der Waals surface area contributed by atoms with Crippen LogP contribution in [0, 0.1) is 0 Å². The van der Waals surface area contributed by atoms with Crippen LogP contribution in [0.1, 0.15) is 5.56 Å². The Morgan fingerprint density at radius 2 is 1.78 bits per heavy atom. The Bertz CT molecular complexity index is 1040. The molecule has 3 aromatic rings. The molecule has 6 nitrogen and oxygen atoms in total. The second-order valence-corrected chi connectivity index (χ2v) is 5.68. The summed E-state index contributed by atoms with van der Waals surface area (Å²) in [4.78, 5) is 23.5. The van der Waals surface area contributed by atoms with Crippen molar-refractivity contribution in [2.75, 3.05) is 7.11 Å². The molecule has 136 valence electrons. The number of para-hydroxylation sites is 2. The summed E-state index contributed by atoms with van der Waals surface area (Å²) in [7, 11) is 2.86. The maximum absolute atomic E-state index is 12.0. The number of nitrogens with zero attached hydrogens (tertiary/aromatic N) is 2. The molecule has 0 spiro atoms. The first-order valence-corrected chi connectivity index (χ1v) is 8.25. The number of carbonyl (C=O) groups excluding carboxylic acids is 1. The molecule has 3 rings (SSSR count). The number of aromatic nitrogens is 2. The molecule has 6 heteroatoms. The van der Waals surface area contributed by atoms with E-state index in [-0.39, 0.29) is 5.56 Å². The summed E-state index contributed by atoms with van der Waals surface area (Å²) in [6.45, 7) is 0. The van der Waals surface area contributed by atoms with Crippen molar-refractivity contribution in [3.63, 3.8) is 0 Å². The van der Waals surface area contributed by atoms with Crippen LogP contribution in [0.15, 0.2) is 71.5 Å². The third-order valence-electron chi connectivity index (χ3n) is 3.83. The molecule has 0 aliphatic carbocycles. The molecule has 0 unspecified atom stereocenters. The zero-order valence-electron chi connectivity index (χ0n) is 15.0. The number of hydrogen-bond donors (Lipinski definition) is 0. The van der Waals surface area contributed by atoms with Crippen molar-refractivity contribution >= 4 is 12.0 Å². The molecule has 0 saturated carbocycles. The Balaban J connectivity index is 2.11. The monoisotopic (exact) mass is 362 g/mol. The van der Waals surface area contributed by atoms with Crippen molar-refractivity contribution in [2.24, 2.45) is 7.05 Å². The molecule has 27 heavy (non-hydrogen) atoms. The van der Waals surface area contributed by atoms with Gasteiger partial charge in [-0.25, -0.2) is 9.48 Å². The molecule has 0 atom stereocenters. The molecule has 0 saturated heterocycles. The fourth-order valence-corrected chi connectivity index (χ4v) is 2.48. The van der Waals surface area contributed by atoms with Crippen LogP contribution < -0.4 is 10.3 Å². The van der Waals surface area contributed by atoms with Gasteiger partial charge in [0.1, 0.15) is 17.2 Å². The van der Waals surface area contributed by atoms with Crippen LogP contribution in [0.2, 0.25) is 0 Å². The van der Waals surface area contributed by atoms with Gasteiger partial charge < -0.3 is 9.47 Å². The van der Waals surface area contributed by atoms with E-state index in [1.165, 1.54) is 30.0 Å². The lowest BCUT2D eigenvalue weighted by atomic mass is 10.0. The number of carbonyl (C=O) groups is 1. The fourth-order valence-electron chi connectivity index (χ4n) is 2.48. The Kier molecular flexibility index (Phi) is 5.47. The Morgan fingerprint density at radius 3 is 2.52 bits per heavy atom. The summed E-state index contributed by atoms with van der Waals surface area (Å²) in [5.74, 6) is 0.749. The predicted octanol–water partition coefficient (Wildman–Crippen LogP) is 3.43. The number of methoxy groups -OCH3 is 1. The molecular weight excluding hydrogens is 344 g/mol. The minimum atomic E-state index is -0.518. The first-order valence-electron chi connectivity index (χ1n) is 8.25. The maximum atomic E-state index is 12.0. The molecule has 0 fully saturated rings. The van der Waals surface area contributed by atoms with Gasteiger partial charge >= 0.3 is 5.97 Å². The Morgan fingerprint density at radius 1 is 1.07 bits per heavy atom. The van der Waals surface area contributed by atoms with Crippen LogP contribution >= 0.6 is 0 Å². The number of ether oxygens (including phenoxy) is 2. The molecule has 0 aliphatic rings. The van der Waals surface area contributed by atoms with Crippen LogP contribution in [0.3, 0.4) is 0 Å². The molecular formula is C21H18N2O4. The van der Waals surface area contributed by atoms with Gasteiger partial charge in [0.05, 0.1) is 7.11 Å². The standard InChI is InChI=1S/C21H18N2O4/c1-23-19(24)14-15(12-13-20(25)26-2)21(22-23)17-10-6-7-11-18(17)27-16-8-4-3-5-9-16/h3-14H,1-2H3/b13-12+. The highest BCUT2D eigenvalue weighted by Gasteiger charge is 2.14. The number of benzene rings is 2. The highest BCUT2D eigenvalue weighted by atomic mass is 16.5. The lowest BCUT2D eigenvalue weighted by Crippen LogP contribution is -2.20. The van der Waals surface area contributed by atoms with Crippen LogP contribution in [0.5, 0.6) is 11.5 Å². The SMILES string of the molecule is COC(=O)/C=C/c1cc(=O)n(C)nc1-c1ccccc1Oc1ccccc1. The normalized spacial score (nSPS) is 10.7. The third kappa shape index (κ3) is 4.30. The summed E-state index contributed by atoms with van der Waals surface area (Å²) in [6.07, 6.45) is 2.76. The average Bonchev–Trinajstić information content (AvgIpc) is 2.69. The van der Waals surface area contributed by atoms with E-state index in [9.17, 15) is 9.59 Å². The van der Waals surface area contributed by atoms with Crippen molar-refractivity contribution in [2.45, 2.75) is 0 Å². The van der Waals surface area contributed by atoms with E-state index in [4.69, 9.17) is 4.74 Å². The molecule has 0 N–H and O–H groups in total. The van der Waals surface area contributed by atoms with E-state index in [2.05, 4.69) is 9.84 Å². The minimum Gasteiger partial charge on any atom is -0.466 e. The quantitative estimate of drug-likeness (QED) is 0.514. The van der Waals surface area contributed by atoms with Crippen molar-refractivity contribution in [3.8, 4) is 22.8 Å². The van der Waals surface area contributed by atoms with Crippen molar-refractivity contribution in [1.29, 1.82) is 0 Å². The van der Waals surface area contributed by atoms with Crippen molar-refractivity contribution in [1.82, 2.24) is 9.78 Å². The summed E-state index contributed by atoms with van der Waals surface area (Å²) >= 11 is 0. The van der Waals surface area contributed by atoms with Crippen molar-refractivity contribution in [3.05, 3.63) is 82.7 Å². The van der Waals surface area contributed by atoms with E-state index in [0.717, 1.165) is 0 Å². The lowest BCUT2D eigenvalue weighted by Gasteiger charge is -2.13. The molecule has 0 radical (unpaired) electrons. The van der Waals surface area contributed by atoms with Gasteiger partial charge in [-0.15, -0.1) is 0 Å². The summed E-state index contributed by atoms with van der Waals surface area (Å²) < 4.78 is 11.9. The van der Waals surface area contributed by atoms with Gasteiger partial charge in [-0.2, -0.15) is 5.10 Å². The smallest absolute Gasteiger partial charge is 0.330 e. The van der Waals surface area contributed by atoms with Crippen LogP contribution in [0.4, 0.5) is 0 Å². The highest BCUT2D eigenvalue weighted by molar-refractivity contribution is 5.89. The molecule has 2 aromatic carbocycles. The molecule has 0 aliphatic heterocycles. The number of esters is 1. The van der Waals surface area contributed by atoms with Gasteiger partial charge in [0, 0.05) is 30.3 Å². The zero-order valence-corrected chi connectivity index (χ0v) is 15.0. The highest BCUT2D eigenvalue weighted by Crippen LogP contribution is 2.33. The van der Waals surface area contributed by atoms with Gasteiger partial charge in [0.15, 0.2) is 0 Å².